The van der Waals surface area contributed by atoms with Crippen LogP contribution in [0.25, 0.3) is 22.2 Å². The topological polar surface area (TPSA) is 110 Å². The van der Waals surface area contributed by atoms with Crippen LogP contribution in [0.3, 0.4) is 0 Å². The normalized spacial score (nSPS) is 13.1. The van der Waals surface area contributed by atoms with Crippen molar-refractivity contribution in [2.24, 2.45) is 12.0 Å². The number of fused-ring (bicyclic) bond motifs is 1. The van der Waals surface area contributed by atoms with Gasteiger partial charge in [0.05, 0.1) is 17.8 Å². The Labute approximate surface area is 232 Å². The summed E-state index contributed by atoms with van der Waals surface area (Å²) in [5.74, 6) is -1.28. The number of hydrogen-bond donors (Lipinski definition) is 3. The summed E-state index contributed by atoms with van der Waals surface area (Å²) >= 11 is 0. The summed E-state index contributed by atoms with van der Waals surface area (Å²) in [4.78, 5) is 25.8. The standard InChI is InChI=1S/C30H33F2N7O/c1-17(2)14-34-26(13-27(40)38-19(4)22-10-11-24(31)25(32)12-22)37-18(3)20-6-8-21(9-7-20)23-15-39(5)30-28(23)29(33)35-16-36-30/h6-12,14-16,18-19H,13H2,1-5H3,(H,34,37)(H,38,40)(H2,33,35,36)/t18-,19+/m1/s1. The van der Waals surface area contributed by atoms with Gasteiger partial charge in [-0.1, -0.05) is 35.9 Å². The van der Waals surface area contributed by atoms with Crippen LogP contribution in [0, 0.1) is 11.6 Å². The highest BCUT2D eigenvalue weighted by Gasteiger charge is 2.17. The van der Waals surface area contributed by atoms with Gasteiger partial charge in [-0.2, -0.15) is 0 Å². The number of aliphatic imine (C=N–C) groups is 1. The van der Waals surface area contributed by atoms with E-state index in [-0.39, 0.29) is 18.4 Å². The van der Waals surface area contributed by atoms with Crippen molar-refractivity contribution in [3.8, 4) is 11.1 Å². The Hall–Kier alpha value is -4.60. The molecule has 4 aromatic rings. The Bertz CT molecular complexity index is 1590. The Kier molecular flexibility index (Phi) is 8.57. The first kappa shape index (κ1) is 28.4. The molecule has 0 spiro atoms. The van der Waals surface area contributed by atoms with Crippen LogP contribution < -0.4 is 16.4 Å². The highest BCUT2D eigenvalue weighted by Crippen LogP contribution is 2.32. The van der Waals surface area contributed by atoms with Crippen LogP contribution in [-0.2, 0) is 11.8 Å². The molecular formula is C30H33F2N7O. The van der Waals surface area contributed by atoms with Gasteiger partial charge in [0.25, 0.3) is 0 Å². The van der Waals surface area contributed by atoms with E-state index >= 15 is 0 Å². The molecule has 2 heterocycles. The van der Waals surface area contributed by atoms with Gasteiger partial charge < -0.3 is 20.9 Å². The first-order valence-corrected chi connectivity index (χ1v) is 12.9. The largest absolute Gasteiger partial charge is 0.383 e. The molecule has 2 aromatic heterocycles. The van der Waals surface area contributed by atoms with Gasteiger partial charge in [-0.25, -0.2) is 23.7 Å². The van der Waals surface area contributed by atoms with E-state index in [0.29, 0.717) is 17.2 Å². The third-order valence-corrected chi connectivity index (χ3v) is 6.52. The summed E-state index contributed by atoms with van der Waals surface area (Å²) in [5.41, 5.74) is 11.3. The lowest BCUT2D eigenvalue weighted by atomic mass is 10.0. The fourth-order valence-electron chi connectivity index (χ4n) is 4.39. The number of rotatable bonds is 8. The van der Waals surface area contributed by atoms with Gasteiger partial charge in [0.2, 0.25) is 5.91 Å². The molecule has 0 saturated carbocycles. The number of nitrogens with two attached hydrogens (primary N) is 1. The molecule has 8 nitrogen and oxygen atoms in total. The molecule has 0 unspecified atom stereocenters. The van der Waals surface area contributed by atoms with E-state index in [4.69, 9.17) is 5.73 Å². The molecule has 10 heteroatoms. The lowest BCUT2D eigenvalue weighted by Gasteiger charge is -2.19. The number of nitrogen functional groups attached to an aromatic ring is 1. The zero-order chi connectivity index (χ0) is 29.0. The maximum atomic E-state index is 13.6. The molecule has 2 aromatic carbocycles. The van der Waals surface area contributed by atoms with Gasteiger partial charge >= 0.3 is 0 Å². The Morgan fingerprint density at radius 1 is 1.02 bits per heavy atom. The fraction of sp³-hybridized carbons (Fsp3) is 0.267. The lowest BCUT2D eigenvalue weighted by Crippen LogP contribution is -2.34. The minimum Gasteiger partial charge on any atom is -0.383 e. The molecule has 4 rings (SSSR count). The second-order valence-electron chi connectivity index (χ2n) is 10.0. The van der Waals surface area contributed by atoms with Gasteiger partial charge in [0.1, 0.15) is 23.6 Å². The Morgan fingerprint density at radius 2 is 1.70 bits per heavy atom. The van der Waals surface area contributed by atoms with Crippen LogP contribution >= 0.6 is 0 Å². The molecule has 0 aliphatic rings. The smallest absolute Gasteiger partial charge is 0.228 e. The number of anilines is 1. The second kappa shape index (κ2) is 12.1. The fourth-order valence-corrected chi connectivity index (χ4v) is 4.39. The van der Waals surface area contributed by atoms with Crippen LogP contribution in [0.15, 0.2) is 71.8 Å². The summed E-state index contributed by atoms with van der Waals surface area (Å²) in [5, 5.41) is 6.98. The molecule has 0 aliphatic heterocycles. The lowest BCUT2D eigenvalue weighted by molar-refractivity contribution is -0.120. The predicted molar refractivity (Wildman–Crippen MR) is 154 cm³/mol. The van der Waals surface area contributed by atoms with Crippen LogP contribution in [0.2, 0.25) is 0 Å². The SMILES string of the molecule is CC(C)=C/N=C(\CC(=O)N[C@@H](C)c1ccc(F)c(F)c1)N[C@H](C)c1ccc(-c2cn(C)c3ncnc(N)c23)cc1. The van der Waals surface area contributed by atoms with Crippen LogP contribution in [-0.4, -0.2) is 26.3 Å². The minimum absolute atomic E-state index is 0.0184. The number of amidine groups is 1. The van der Waals surface area contributed by atoms with E-state index in [2.05, 4.69) is 25.6 Å². The van der Waals surface area contributed by atoms with E-state index in [1.165, 1.54) is 12.4 Å². The maximum Gasteiger partial charge on any atom is 0.228 e. The zero-order valence-electron chi connectivity index (χ0n) is 23.2. The third kappa shape index (κ3) is 6.51. The van der Waals surface area contributed by atoms with Gasteiger partial charge in [0.15, 0.2) is 11.6 Å². The molecule has 0 bridgehead atoms. The van der Waals surface area contributed by atoms with Crippen molar-refractivity contribution in [2.45, 2.75) is 46.2 Å². The summed E-state index contributed by atoms with van der Waals surface area (Å²) in [6.07, 6.45) is 5.11. The number of amides is 1. The molecule has 2 atom stereocenters. The number of allylic oxidation sites excluding steroid dienone is 1. The number of aromatic nitrogens is 3. The number of benzene rings is 2. The van der Waals surface area contributed by atoms with Crippen LogP contribution in [0.4, 0.5) is 14.6 Å². The number of carbonyl (C=O) groups excluding carboxylic acids is 1. The van der Waals surface area contributed by atoms with Crippen molar-refractivity contribution in [1.82, 2.24) is 25.2 Å². The van der Waals surface area contributed by atoms with Gasteiger partial charge in [-0.3, -0.25) is 4.79 Å². The number of hydrogen-bond acceptors (Lipinski definition) is 5. The van der Waals surface area contributed by atoms with E-state index < -0.39 is 17.7 Å². The molecule has 40 heavy (non-hydrogen) atoms. The minimum atomic E-state index is -0.955. The van der Waals surface area contributed by atoms with Gasteiger partial charge in [0, 0.05) is 31.0 Å². The quantitative estimate of drug-likeness (QED) is 0.193. The maximum absolute atomic E-state index is 13.6. The first-order chi connectivity index (χ1) is 19.0. The highest BCUT2D eigenvalue weighted by molar-refractivity contribution is 6.01. The molecular weight excluding hydrogens is 512 g/mol. The average Bonchev–Trinajstić information content (AvgIpc) is 3.26. The summed E-state index contributed by atoms with van der Waals surface area (Å²) in [6, 6.07) is 11.0. The van der Waals surface area contributed by atoms with Gasteiger partial charge in [-0.05, 0) is 56.5 Å². The Morgan fingerprint density at radius 3 is 2.38 bits per heavy atom. The van der Waals surface area contributed by atoms with Crippen LogP contribution in [0.1, 0.15) is 57.3 Å². The zero-order valence-corrected chi connectivity index (χ0v) is 23.2. The molecule has 1 amide bonds. The number of nitrogens with one attached hydrogen (secondary N) is 2. The number of aryl methyl sites for hydroxylation is 1. The molecule has 0 fully saturated rings. The van der Waals surface area contributed by atoms with E-state index in [1.807, 2.05) is 62.8 Å². The van der Waals surface area contributed by atoms with Crippen molar-refractivity contribution in [1.29, 1.82) is 0 Å². The summed E-state index contributed by atoms with van der Waals surface area (Å²) in [6.45, 7) is 7.53. The van der Waals surface area contributed by atoms with Crippen molar-refractivity contribution in [2.75, 3.05) is 5.73 Å². The molecule has 0 saturated heterocycles. The average molecular weight is 546 g/mol. The van der Waals surface area contributed by atoms with Crippen molar-refractivity contribution in [3.63, 3.8) is 0 Å². The molecule has 0 aliphatic carbocycles. The molecule has 4 N–H and O–H groups in total. The van der Waals surface area contributed by atoms with Crippen LogP contribution in [0.5, 0.6) is 0 Å². The van der Waals surface area contributed by atoms with Crippen molar-refractivity contribution in [3.05, 3.63) is 89.5 Å². The van der Waals surface area contributed by atoms with Crippen molar-refractivity contribution >= 4 is 28.6 Å². The van der Waals surface area contributed by atoms with E-state index in [9.17, 15) is 13.6 Å². The molecule has 0 radical (unpaired) electrons. The van der Waals surface area contributed by atoms with Crippen molar-refractivity contribution < 1.29 is 13.6 Å². The molecule has 208 valence electrons. The number of halogens is 2. The summed E-state index contributed by atoms with van der Waals surface area (Å²) < 4.78 is 28.9. The number of carbonyl (C=O) groups is 1. The second-order valence-corrected chi connectivity index (χ2v) is 10.0. The first-order valence-electron chi connectivity index (χ1n) is 12.9. The third-order valence-electron chi connectivity index (χ3n) is 6.52. The summed E-state index contributed by atoms with van der Waals surface area (Å²) in [7, 11) is 1.92. The van der Waals surface area contributed by atoms with E-state index in [1.54, 1.807) is 13.1 Å². The number of nitrogens with zero attached hydrogens (tertiary/aromatic N) is 4. The van der Waals surface area contributed by atoms with E-state index in [0.717, 1.165) is 45.4 Å². The monoisotopic (exact) mass is 545 g/mol. The highest BCUT2D eigenvalue weighted by atomic mass is 19.2. The van der Waals surface area contributed by atoms with Gasteiger partial charge in [-0.15, -0.1) is 0 Å². The Balaban J connectivity index is 1.48. The predicted octanol–water partition coefficient (Wildman–Crippen LogP) is 5.74.